The van der Waals surface area contributed by atoms with Crippen LogP contribution in [0.5, 0.6) is 28.7 Å². The van der Waals surface area contributed by atoms with Crippen molar-refractivity contribution >= 4 is 73.6 Å². The maximum Gasteiger partial charge on any atom is 0.310 e. The summed E-state index contributed by atoms with van der Waals surface area (Å²) in [4.78, 5) is 14.0. The molecule has 5 nitrogen and oxygen atoms in total. The first-order chi connectivity index (χ1) is 36.0. The van der Waals surface area contributed by atoms with Crippen LogP contribution in [-0.2, 0) is 36.9 Å². The van der Waals surface area contributed by atoms with E-state index in [1.165, 1.54) is 82.4 Å². The van der Waals surface area contributed by atoms with Gasteiger partial charge in [-0.05, 0) is 139 Å². The van der Waals surface area contributed by atoms with Crippen LogP contribution in [-0.4, -0.2) is 5.97 Å². The molecule has 0 aromatic heterocycles. The molecule has 0 N–H and O–H groups in total. The lowest BCUT2D eigenvalue weighted by Crippen LogP contribution is -2.17. The van der Waals surface area contributed by atoms with Gasteiger partial charge in [0.25, 0.3) is 0 Å². The Kier molecular flexibility index (Phi) is 11.3. The van der Waals surface area contributed by atoms with Gasteiger partial charge < -0.3 is 19.1 Å². The summed E-state index contributed by atoms with van der Waals surface area (Å²) in [6, 6.07) is 63.5. The number of hydrogen-bond acceptors (Lipinski definition) is 5. The number of anilines is 3. The zero-order valence-corrected chi connectivity index (χ0v) is 40.6. The third-order valence-corrected chi connectivity index (χ3v) is 14.6. The number of para-hydroxylation sites is 5. The number of ether oxygens (including phenoxy) is 3. The quantitative estimate of drug-likeness (QED) is 0.127. The van der Waals surface area contributed by atoms with Crippen molar-refractivity contribution < 1.29 is 19.0 Å². The van der Waals surface area contributed by atoms with E-state index in [-0.39, 0.29) is 5.97 Å². The van der Waals surface area contributed by atoms with Gasteiger partial charge in [-0.15, -0.1) is 0 Å². The van der Waals surface area contributed by atoms with E-state index < -0.39 is 0 Å². The molecule has 5 heteroatoms. The van der Waals surface area contributed by atoms with Crippen LogP contribution in [0.1, 0.15) is 69.0 Å². The number of rotatable bonds is 5. The molecule has 10 aromatic rings. The van der Waals surface area contributed by atoms with Gasteiger partial charge in [0.15, 0.2) is 11.5 Å². The Morgan fingerprint density at radius 1 is 0.507 bits per heavy atom. The van der Waals surface area contributed by atoms with Crippen molar-refractivity contribution in [3.05, 3.63) is 256 Å². The fourth-order valence-corrected chi connectivity index (χ4v) is 11.4. The minimum absolute atomic E-state index is 0.198. The summed E-state index contributed by atoms with van der Waals surface area (Å²) in [6.45, 7) is 1.81. The predicted octanol–water partition coefficient (Wildman–Crippen LogP) is 17.4. The predicted molar refractivity (Wildman–Crippen MR) is 299 cm³/mol. The molecule has 0 bridgehead atoms. The molecular weight excluding hydrogens is 895 g/mol. The highest BCUT2D eigenvalue weighted by molar-refractivity contribution is 6.03. The maximum atomic E-state index is 11.7. The van der Waals surface area contributed by atoms with Crippen LogP contribution >= 0.6 is 0 Å². The molecule has 0 spiro atoms. The summed E-state index contributed by atoms with van der Waals surface area (Å²) in [5, 5.41) is 7.89. The maximum absolute atomic E-state index is 11.7. The van der Waals surface area contributed by atoms with Crippen molar-refractivity contribution in [1.29, 1.82) is 0 Å². The van der Waals surface area contributed by atoms with Gasteiger partial charge in [0.2, 0.25) is 0 Å². The molecule has 2 aliphatic heterocycles. The number of carbonyl (C=O) groups excluding carboxylic acids is 1. The van der Waals surface area contributed by atoms with Crippen LogP contribution in [0.3, 0.4) is 0 Å². The summed E-state index contributed by atoms with van der Waals surface area (Å²) in [5.41, 5.74) is 16.0. The van der Waals surface area contributed by atoms with Gasteiger partial charge in [0.05, 0.1) is 11.4 Å². The van der Waals surface area contributed by atoms with E-state index in [0.717, 1.165) is 77.7 Å². The topological polar surface area (TPSA) is 48.0 Å². The van der Waals surface area contributed by atoms with Crippen molar-refractivity contribution in [2.24, 2.45) is 0 Å². The van der Waals surface area contributed by atoms with Gasteiger partial charge >= 0.3 is 5.97 Å². The summed E-state index contributed by atoms with van der Waals surface area (Å²) in [6.07, 6.45) is 18.2. The number of benzene rings is 10. The molecule has 5 aliphatic rings. The lowest BCUT2D eigenvalue weighted by molar-refractivity contribution is -0.134. The average Bonchev–Trinajstić information content (AvgIpc) is 3.44. The Labute approximate surface area is 425 Å². The van der Waals surface area contributed by atoms with E-state index in [1.807, 2.05) is 43.3 Å². The number of carbonyl (C=O) groups is 1. The van der Waals surface area contributed by atoms with Crippen molar-refractivity contribution in [3.8, 4) is 28.7 Å². The van der Waals surface area contributed by atoms with Gasteiger partial charge in [-0.3, -0.25) is 4.79 Å². The van der Waals surface area contributed by atoms with Gasteiger partial charge in [-0.2, -0.15) is 0 Å². The lowest BCUT2D eigenvalue weighted by Gasteiger charge is -2.35. The number of allylic oxidation sites excluding steroid dienone is 3. The van der Waals surface area contributed by atoms with Crippen LogP contribution in [0.2, 0.25) is 0 Å². The van der Waals surface area contributed by atoms with Crippen LogP contribution in [0.15, 0.2) is 200 Å². The first-order valence-electron chi connectivity index (χ1n) is 25.4. The van der Waals surface area contributed by atoms with Crippen LogP contribution < -0.4 is 19.1 Å². The van der Waals surface area contributed by atoms with Crippen LogP contribution in [0.25, 0.3) is 50.5 Å². The third kappa shape index (κ3) is 8.13. The van der Waals surface area contributed by atoms with Crippen molar-refractivity contribution in [2.45, 2.75) is 45.4 Å². The van der Waals surface area contributed by atoms with E-state index in [4.69, 9.17) is 14.2 Å². The number of esters is 1. The first-order valence-corrected chi connectivity index (χ1v) is 25.4. The molecule has 352 valence electrons. The molecule has 0 unspecified atom stereocenters. The average molecular weight is 946 g/mol. The molecule has 0 saturated carbocycles. The van der Waals surface area contributed by atoms with Crippen LogP contribution in [0.4, 0.5) is 17.1 Å². The van der Waals surface area contributed by atoms with Gasteiger partial charge in [-0.25, -0.2) is 0 Å². The summed E-state index contributed by atoms with van der Waals surface area (Å²) < 4.78 is 18.2. The van der Waals surface area contributed by atoms with Gasteiger partial charge in [0, 0.05) is 41.6 Å². The molecule has 3 aliphatic carbocycles. The molecule has 0 saturated heterocycles. The molecule has 0 atom stereocenters. The largest absolute Gasteiger partial charge is 0.456 e. The Bertz CT molecular complexity index is 3940. The summed E-state index contributed by atoms with van der Waals surface area (Å²) in [7, 11) is 0. The van der Waals surface area contributed by atoms with Crippen molar-refractivity contribution in [3.63, 3.8) is 0 Å². The third-order valence-electron chi connectivity index (χ3n) is 14.6. The highest BCUT2D eigenvalue weighted by Gasteiger charge is 2.30. The smallest absolute Gasteiger partial charge is 0.310 e. The highest BCUT2D eigenvalue weighted by atomic mass is 16.5. The fourth-order valence-electron chi connectivity index (χ4n) is 11.4. The molecule has 0 fully saturated rings. The van der Waals surface area contributed by atoms with E-state index in [2.05, 4.69) is 187 Å². The molecule has 73 heavy (non-hydrogen) atoms. The Morgan fingerprint density at radius 3 is 1.86 bits per heavy atom. The second kappa shape index (κ2) is 18.7. The molecule has 0 radical (unpaired) electrons. The van der Waals surface area contributed by atoms with E-state index in [9.17, 15) is 4.79 Å². The van der Waals surface area contributed by atoms with E-state index in [0.29, 0.717) is 12.2 Å². The van der Waals surface area contributed by atoms with Crippen molar-refractivity contribution in [2.75, 3.05) is 4.90 Å². The lowest BCUT2D eigenvalue weighted by atomic mass is 9.87. The second-order valence-corrected chi connectivity index (χ2v) is 19.2. The molecule has 0 amide bonds. The SMILES string of the molecule is C1=Cc2cccc3cc4c(c(c23)C1)Oc1ccccc1C4.C1=Cc2cccc3cc4c(c(c23)C1)Oc1ccccc1N4c1ccccc1.CCC(=O)Oc1ccccc1Cc1cc2c3c(cccc3c1)C=CC2. The summed E-state index contributed by atoms with van der Waals surface area (Å²) in [5.74, 6) is 4.43. The van der Waals surface area contributed by atoms with Crippen LogP contribution in [0, 0.1) is 0 Å². The standard InChI is InChI=1S/C25H17NO.C23H20O2.C20H14O/c1-2-11-19(12-3-1)26-21-14-4-5-15-23(21)27-25-20-13-7-9-17-8-6-10-18(24(17)20)16-22(25)26;1-2-22(24)25-21-12-4-3-7-18(21)13-16-14-19-10-5-8-17-9-6-11-20(15-16)23(17)19;1-2-10-18-14(5-1)11-16-12-15-8-3-6-13-7-4-9-17(19(13)15)20(16)21-18/h1-12,14-16H,13H2;3-10,12,14-15H,2,11,13H2,1H3;1-8,10,12H,9,11H2. The van der Waals surface area contributed by atoms with Crippen molar-refractivity contribution in [1.82, 2.24) is 0 Å². The Hall–Kier alpha value is -8.93. The number of nitrogens with zero attached hydrogens (tertiary/aromatic N) is 1. The number of hydrogen-bond donors (Lipinski definition) is 0. The van der Waals surface area contributed by atoms with Gasteiger partial charge in [-0.1, -0.05) is 177 Å². The zero-order chi connectivity index (χ0) is 48.8. The minimum Gasteiger partial charge on any atom is -0.456 e. The monoisotopic (exact) mass is 945 g/mol. The molecular formula is C68H51NO4. The Balaban J connectivity index is 0.000000107. The normalized spacial score (nSPS) is 13.5. The summed E-state index contributed by atoms with van der Waals surface area (Å²) >= 11 is 0. The minimum atomic E-state index is -0.198. The zero-order valence-electron chi connectivity index (χ0n) is 40.6. The first kappa shape index (κ1) is 44.0. The second-order valence-electron chi connectivity index (χ2n) is 19.2. The highest BCUT2D eigenvalue weighted by Crippen LogP contribution is 2.54. The van der Waals surface area contributed by atoms with Gasteiger partial charge in [0.1, 0.15) is 17.2 Å². The molecule has 10 aromatic carbocycles. The fraction of sp³-hybridized carbons (Fsp3) is 0.103. The molecule has 15 rings (SSSR count). The van der Waals surface area contributed by atoms with E-state index >= 15 is 0 Å². The van der Waals surface area contributed by atoms with E-state index in [1.54, 1.807) is 0 Å². The Morgan fingerprint density at radius 2 is 1.11 bits per heavy atom. The number of fused-ring (bicyclic) bond motifs is 6. The molecule has 2 heterocycles.